The van der Waals surface area contributed by atoms with E-state index in [0.717, 1.165) is 5.56 Å². The molecule has 0 saturated heterocycles. The van der Waals surface area contributed by atoms with E-state index in [0.29, 0.717) is 30.6 Å². The number of hydrogen-bond acceptors (Lipinski definition) is 3. The van der Waals surface area contributed by atoms with Gasteiger partial charge in [0.05, 0.1) is 20.3 Å². The van der Waals surface area contributed by atoms with Crippen molar-refractivity contribution in [2.24, 2.45) is 0 Å². The molecule has 0 atom stereocenters. The summed E-state index contributed by atoms with van der Waals surface area (Å²) < 4.78 is 10.5. The van der Waals surface area contributed by atoms with Crippen molar-refractivity contribution in [2.75, 3.05) is 20.8 Å². The van der Waals surface area contributed by atoms with E-state index in [9.17, 15) is 4.79 Å². The van der Waals surface area contributed by atoms with Gasteiger partial charge in [0.25, 0.3) is 5.91 Å². The molecule has 1 aromatic carbocycles. The van der Waals surface area contributed by atoms with Crippen molar-refractivity contribution in [1.29, 1.82) is 0 Å². The monoisotopic (exact) mass is 335 g/mol. The van der Waals surface area contributed by atoms with Crippen LogP contribution < -0.4 is 20.1 Å². The van der Waals surface area contributed by atoms with Crippen LogP contribution in [0.1, 0.15) is 50.5 Å². The van der Waals surface area contributed by atoms with Gasteiger partial charge >= 0.3 is 0 Å². The maximum atomic E-state index is 12.1. The van der Waals surface area contributed by atoms with Gasteiger partial charge in [-0.25, -0.2) is 0 Å². The average molecular weight is 335 g/mol. The quantitative estimate of drug-likeness (QED) is 0.801. The molecular weight excluding hydrogens is 304 g/mol. The highest BCUT2D eigenvalue weighted by Gasteiger charge is 2.15. The molecule has 2 rings (SSSR count). The first-order valence-electron chi connectivity index (χ1n) is 9.04. The second-order valence-corrected chi connectivity index (χ2v) is 6.51. The van der Waals surface area contributed by atoms with E-state index < -0.39 is 0 Å². The van der Waals surface area contributed by atoms with E-state index in [1.807, 2.05) is 18.2 Å². The summed E-state index contributed by atoms with van der Waals surface area (Å²) in [6, 6.07) is 6.32. The molecule has 5 nitrogen and oxygen atoms in total. The van der Waals surface area contributed by atoms with E-state index in [4.69, 9.17) is 9.47 Å². The number of nitrogens with one attached hydrogen (secondary N) is 1. The van der Waals surface area contributed by atoms with Gasteiger partial charge in [0.1, 0.15) is 0 Å². The Labute approximate surface area is 145 Å². The predicted octanol–water partition coefficient (Wildman–Crippen LogP) is 2.00. The van der Waals surface area contributed by atoms with Gasteiger partial charge in [-0.05, 0) is 43.4 Å². The van der Waals surface area contributed by atoms with Crippen molar-refractivity contribution >= 4 is 5.91 Å². The first kappa shape index (κ1) is 18.6. The van der Waals surface area contributed by atoms with E-state index in [1.54, 1.807) is 14.2 Å². The smallest absolute Gasteiger partial charge is 0.275 e. The molecule has 1 saturated carbocycles. The minimum Gasteiger partial charge on any atom is -0.493 e. The number of ether oxygens (including phenoxy) is 2. The zero-order chi connectivity index (χ0) is 17.2. The van der Waals surface area contributed by atoms with Crippen molar-refractivity contribution in [1.82, 2.24) is 5.32 Å². The van der Waals surface area contributed by atoms with Crippen molar-refractivity contribution < 1.29 is 19.6 Å². The third-order valence-electron chi connectivity index (χ3n) is 4.72. The second-order valence-electron chi connectivity index (χ2n) is 6.51. The van der Waals surface area contributed by atoms with Crippen LogP contribution in [-0.2, 0) is 11.3 Å². The van der Waals surface area contributed by atoms with Gasteiger partial charge in [0.2, 0.25) is 0 Å². The van der Waals surface area contributed by atoms with Gasteiger partial charge in [0, 0.05) is 6.54 Å². The normalized spacial score (nSPS) is 16.1. The van der Waals surface area contributed by atoms with E-state index >= 15 is 0 Å². The highest BCUT2D eigenvalue weighted by Crippen LogP contribution is 2.27. The molecule has 1 aliphatic carbocycles. The largest absolute Gasteiger partial charge is 0.493 e. The lowest BCUT2D eigenvalue weighted by molar-refractivity contribution is -0.680. The Balaban J connectivity index is 1.74. The molecule has 0 aromatic heterocycles. The molecule has 134 valence electrons. The molecule has 24 heavy (non-hydrogen) atoms. The number of quaternary nitrogens is 1. The van der Waals surface area contributed by atoms with Crippen LogP contribution in [-0.4, -0.2) is 32.7 Å². The fourth-order valence-corrected chi connectivity index (χ4v) is 3.26. The van der Waals surface area contributed by atoms with E-state index in [2.05, 4.69) is 10.6 Å². The van der Waals surface area contributed by atoms with Crippen LogP contribution in [0.5, 0.6) is 11.5 Å². The van der Waals surface area contributed by atoms with Gasteiger partial charge < -0.3 is 20.1 Å². The first-order valence-corrected chi connectivity index (χ1v) is 9.04. The third-order valence-corrected chi connectivity index (χ3v) is 4.72. The number of nitrogens with two attached hydrogens (primary N) is 1. The van der Waals surface area contributed by atoms with Crippen molar-refractivity contribution in [3.05, 3.63) is 23.8 Å². The Morgan fingerprint density at radius 1 is 1.08 bits per heavy atom. The van der Waals surface area contributed by atoms with Crippen molar-refractivity contribution in [3.63, 3.8) is 0 Å². The van der Waals surface area contributed by atoms with Crippen LogP contribution in [0.3, 0.4) is 0 Å². The minimum atomic E-state index is 0.0897. The number of methoxy groups -OCH3 is 2. The van der Waals surface area contributed by atoms with Gasteiger partial charge in [-0.3, -0.25) is 4.79 Å². The average Bonchev–Trinajstić information content (AvgIpc) is 2.58. The number of amides is 1. The molecule has 0 radical (unpaired) electrons. The van der Waals surface area contributed by atoms with Crippen molar-refractivity contribution in [3.8, 4) is 11.5 Å². The lowest BCUT2D eigenvalue weighted by Crippen LogP contribution is -2.92. The zero-order valence-electron chi connectivity index (χ0n) is 15.0. The third kappa shape index (κ3) is 6.04. The summed E-state index contributed by atoms with van der Waals surface area (Å²) >= 11 is 0. The molecule has 1 amide bonds. The Morgan fingerprint density at radius 3 is 2.42 bits per heavy atom. The zero-order valence-corrected chi connectivity index (χ0v) is 15.0. The Morgan fingerprint density at radius 2 is 1.75 bits per heavy atom. The standard InChI is InChI=1S/C19H30N2O3/c1-23-17-11-10-15(12-18(17)24-2)13-21-19(22)14-20-16-8-6-4-3-5-7-9-16/h10-12,16,20H,3-9,13-14H2,1-2H3,(H,21,22)/p+1. The Kier molecular flexibility index (Phi) is 7.89. The second kappa shape index (κ2) is 10.2. The molecule has 0 spiro atoms. The summed E-state index contributed by atoms with van der Waals surface area (Å²) in [5, 5.41) is 5.21. The molecule has 0 heterocycles. The predicted molar refractivity (Wildman–Crippen MR) is 94.3 cm³/mol. The lowest BCUT2D eigenvalue weighted by Gasteiger charge is -2.18. The van der Waals surface area contributed by atoms with Gasteiger partial charge in [-0.15, -0.1) is 0 Å². The number of carbonyl (C=O) groups is 1. The number of hydrogen-bond donors (Lipinski definition) is 2. The fourth-order valence-electron chi connectivity index (χ4n) is 3.26. The molecule has 1 aromatic rings. The van der Waals surface area contributed by atoms with E-state index in [1.165, 1.54) is 44.9 Å². The summed E-state index contributed by atoms with van der Waals surface area (Å²) in [6.07, 6.45) is 9.14. The highest BCUT2D eigenvalue weighted by atomic mass is 16.5. The first-order chi connectivity index (χ1) is 11.7. The van der Waals surface area contributed by atoms with Crippen molar-refractivity contribution in [2.45, 2.75) is 57.5 Å². The number of benzene rings is 1. The Bertz CT molecular complexity index is 511. The summed E-state index contributed by atoms with van der Waals surface area (Å²) in [6.45, 7) is 1.02. The maximum absolute atomic E-state index is 12.1. The number of rotatable bonds is 7. The van der Waals surface area contributed by atoms with Gasteiger partial charge in [0.15, 0.2) is 18.0 Å². The van der Waals surface area contributed by atoms with Crippen LogP contribution >= 0.6 is 0 Å². The summed E-state index contributed by atoms with van der Waals surface area (Å²) in [5.41, 5.74) is 1.01. The van der Waals surface area contributed by atoms with Crippen LogP contribution in [0, 0.1) is 0 Å². The summed E-state index contributed by atoms with van der Waals surface area (Å²) in [7, 11) is 3.23. The van der Waals surface area contributed by atoms with Crippen LogP contribution in [0.25, 0.3) is 0 Å². The fraction of sp³-hybridized carbons (Fsp3) is 0.632. The number of carbonyl (C=O) groups excluding carboxylic acids is 1. The molecule has 0 aliphatic heterocycles. The molecule has 1 aliphatic rings. The van der Waals surface area contributed by atoms with Crippen LogP contribution in [0.15, 0.2) is 18.2 Å². The van der Waals surface area contributed by atoms with E-state index in [-0.39, 0.29) is 5.91 Å². The molecule has 1 fully saturated rings. The SMILES string of the molecule is COc1ccc(CNC(=O)C[NH2+]C2CCCCCCC2)cc1OC. The topological polar surface area (TPSA) is 64.2 Å². The molecule has 3 N–H and O–H groups in total. The van der Waals surface area contributed by atoms with Gasteiger partial charge in [-0.2, -0.15) is 0 Å². The highest BCUT2D eigenvalue weighted by molar-refractivity contribution is 5.76. The molecule has 0 bridgehead atoms. The van der Waals surface area contributed by atoms with Crippen LogP contribution in [0.4, 0.5) is 0 Å². The molecular formula is C19H31N2O3+. The van der Waals surface area contributed by atoms with Crippen LogP contribution in [0.2, 0.25) is 0 Å². The minimum absolute atomic E-state index is 0.0897. The maximum Gasteiger partial charge on any atom is 0.275 e. The summed E-state index contributed by atoms with van der Waals surface area (Å²) in [4.78, 5) is 12.1. The summed E-state index contributed by atoms with van der Waals surface area (Å²) in [5.74, 6) is 1.47. The molecule has 5 heteroatoms. The lowest BCUT2D eigenvalue weighted by atomic mass is 9.97. The molecule has 0 unspecified atom stereocenters. The Hall–Kier alpha value is -1.75. The van der Waals surface area contributed by atoms with Gasteiger partial charge in [-0.1, -0.05) is 25.3 Å².